The fourth-order valence-electron chi connectivity index (χ4n) is 4.17. The number of nitrogens with one attached hydrogen (secondary N) is 1. The molecule has 1 aromatic carbocycles. The van der Waals surface area contributed by atoms with Crippen molar-refractivity contribution in [2.24, 2.45) is 0 Å². The summed E-state index contributed by atoms with van der Waals surface area (Å²) in [5.41, 5.74) is 3.55. The molecule has 4 aromatic rings. The fraction of sp³-hybridized carbons (Fsp3) is 0.292. The number of hydrogen-bond donors (Lipinski definition) is 1. The molecule has 5 rings (SSSR count). The summed E-state index contributed by atoms with van der Waals surface area (Å²) in [5, 5.41) is 8.42. The van der Waals surface area contributed by atoms with Crippen molar-refractivity contribution in [1.29, 1.82) is 0 Å². The topological polar surface area (TPSA) is 67.1 Å². The molecule has 0 saturated carbocycles. The largest absolute Gasteiger partial charge is 0.360 e. The third-order valence-corrected chi connectivity index (χ3v) is 5.73. The number of aryl methyl sites for hydroxylation is 1. The highest BCUT2D eigenvalue weighted by Gasteiger charge is 2.22. The summed E-state index contributed by atoms with van der Waals surface area (Å²) in [4.78, 5) is 11.8. The van der Waals surface area contributed by atoms with Gasteiger partial charge in [0.05, 0.1) is 5.52 Å². The van der Waals surface area contributed by atoms with E-state index in [1.807, 2.05) is 31.3 Å². The molecule has 4 heterocycles. The molecular formula is C24H25N5O. The highest BCUT2D eigenvalue weighted by molar-refractivity contribution is 5.78. The lowest BCUT2D eigenvalue weighted by Crippen LogP contribution is -2.32. The molecule has 1 saturated heterocycles. The van der Waals surface area contributed by atoms with Crippen LogP contribution in [0.5, 0.6) is 0 Å². The van der Waals surface area contributed by atoms with Gasteiger partial charge in [-0.1, -0.05) is 23.4 Å². The lowest BCUT2D eigenvalue weighted by Gasteiger charge is -2.31. The maximum absolute atomic E-state index is 5.12. The van der Waals surface area contributed by atoms with Crippen molar-refractivity contribution in [2.45, 2.75) is 32.2 Å². The van der Waals surface area contributed by atoms with Crippen LogP contribution < -0.4 is 5.32 Å². The summed E-state index contributed by atoms with van der Waals surface area (Å²) in [5.74, 6) is 2.78. The van der Waals surface area contributed by atoms with Crippen LogP contribution in [0.15, 0.2) is 65.3 Å². The third-order valence-electron chi connectivity index (χ3n) is 5.73. The van der Waals surface area contributed by atoms with Crippen LogP contribution in [0, 0.1) is 6.92 Å². The van der Waals surface area contributed by atoms with Crippen molar-refractivity contribution in [3.63, 3.8) is 0 Å². The third kappa shape index (κ3) is 4.19. The number of nitrogens with zero attached hydrogens (tertiary/aromatic N) is 4. The Kier molecular flexibility index (Phi) is 5.15. The second-order valence-corrected chi connectivity index (χ2v) is 7.98. The molecule has 1 aliphatic rings. The average molecular weight is 399 g/mol. The number of piperidine rings is 1. The number of pyridine rings is 2. The first-order chi connectivity index (χ1) is 14.7. The van der Waals surface area contributed by atoms with Crippen LogP contribution in [0.2, 0.25) is 0 Å². The number of benzene rings is 1. The maximum Gasteiger partial charge on any atom is 0.175 e. The van der Waals surface area contributed by atoms with Crippen LogP contribution in [0.4, 0.5) is 11.6 Å². The number of hydrogen-bond acceptors (Lipinski definition) is 6. The molecule has 0 aliphatic carbocycles. The minimum atomic E-state index is 0.489. The van der Waals surface area contributed by atoms with Crippen LogP contribution in [0.1, 0.15) is 35.8 Å². The Morgan fingerprint density at radius 3 is 2.77 bits per heavy atom. The van der Waals surface area contributed by atoms with Gasteiger partial charge in [-0.3, -0.25) is 9.88 Å². The van der Waals surface area contributed by atoms with E-state index in [9.17, 15) is 0 Å². The molecule has 30 heavy (non-hydrogen) atoms. The van der Waals surface area contributed by atoms with Gasteiger partial charge in [0.15, 0.2) is 5.82 Å². The highest BCUT2D eigenvalue weighted by Crippen LogP contribution is 2.29. The molecule has 0 amide bonds. The van der Waals surface area contributed by atoms with Crippen molar-refractivity contribution in [3.05, 3.63) is 77.8 Å². The lowest BCUT2D eigenvalue weighted by atomic mass is 9.92. The maximum atomic E-state index is 5.12. The van der Waals surface area contributed by atoms with Crippen LogP contribution in [0.3, 0.4) is 0 Å². The second kappa shape index (κ2) is 8.24. The van der Waals surface area contributed by atoms with Crippen molar-refractivity contribution < 1.29 is 4.52 Å². The minimum absolute atomic E-state index is 0.489. The Bertz CT molecular complexity index is 1150. The van der Waals surface area contributed by atoms with Gasteiger partial charge in [-0.2, -0.15) is 0 Å². The Morgan fingerprint density at radius 1 is 1.03 bits per heavy atom. The predicted octanol–water partition coefficient (Wildman–Crippen LogP) is 5.05. The Labute approximate surface area is 175 Å². The molecule has 0 radical (unpaired) electrons. The van der Waals surface area contributed by atoms with E-state index < -0.39 is 0 Å². The average Bonchev–Trinajstić information content (AvgIpc) is 3.19. The highest BCUT2D eigenvalue weighted by atomic mass is 16.5. The molecule has 3 aromatic heterocycles. The number of fused-ring (bicyclic) bond motifs is 1. The summed E-state index contributed by atoms with van der Waals surface area (Å²) in [6.45, 7) is 5.03. The Hall–Kier alpha value is -3.25. The van der Waals surface area contributed by atoms with E-state index in [0.717, 1.165) is 55.3 Å². The van der Waals surface area contributed by atoms with Crippen molar-refractivity contribution in [3.8, 4) is 0 Å². The lowest BCUT2D eigenvalue weighted by molar-refractivity contribution is 0.203. The van der Waals surface area contributed by atoms with Gasteiger partial charge in [0, 0.05) is 35.8 Å². The van der Waals surface area contributed by atoms with Gasteiger partial charge >= 0.3 is 0 Å². The Morgan fingerprint density at radius 2 is 1.93 bits per heavy atom. The first kappa shape index (κ1) is 18.8. The zero-order chi connectivity index (χ0) is 20.3. The van der Waals surface area contributed by atoms with Gasteiger partial charge in [-0.05, 0) is 68.8 Å². The zero-order valence-corrected chi connectivity index (χ0v) is 17.1. The van der Waals surface area contributed by atoms with Gasteiger partial charge in [0.2, 0.25) is 0 Å². The van der Waals surface area contributed by atoms with Gasteiger partial charge in [0.1, 0.15) is 11.6 Å². The van der Waals surface area contributed by atoms with Gasteiger partial charge in [-0.15, -0.1) is 0 Å². The standard InChI is InChI=1S/C24H25N5O/c1-17-14-24(28-30-17)27-23-6-2-5-22(26-23)19-9-12-29(13-10-19)16-18-7-8-21-20(15-18)4-3-11-25-21/h2-8,11,14-15,19H,9-10,12-13,16H2,1H3,(H,26,27,28). The van der Waals surface area contributed by atoms with Crippen molar-refractivity contribution in [2.75, 3.05) is 18.4 Å². The zero-order valence-electron chi connectivity index (χ0n) is 17.1. The number of likely N-dealkylation sites (tertiary alicyclic amines) is 1. The van der Waals surface area contributed by atoms with E-state index in [2.05, 4.69) is 56.8 Å². The minimum Gasteiger partial charge on any atom is -0.360 e. The summed E-state index contributed by atoms with van der Waals surface area (Å²) >= 11 is 0. The molecule has 1 fully saturated rings. The van der Waals surface area contributed by atoms with E-state index >= 15 is 0 Å². The second-order valence-electron chi connectivity index (χ2n) is 7.98. The summed E-state index contributed by atoms with van der Waals surface area (Å²) < 4.78 is 5.12. The van der Waals surface area contributed by atoms with Gasteiger partial charge in [-0.25, -0.2) is 4.98 Å². The van der Waals surface area contributed by atoms with Gasteiger partial charge in [0.25, 0.3) is 0 Å². The van der Waals surface area contributed by atoms with Crippen molar-refractivity contribution >= 4 is 22.5 Å². The normalized spacial score (nSPS) is 15.5. The molecule has 0 spiro atoms. The predicted molar refractivity (Wildman–Crippen MR) is 118 cm³/mol. The van der Waals surface area contributed by atoms with Crippen LogP contribution >= 0.6 is 0 Å². The van der Waals surface area contributed by atoms with Crippen LogP contribution in [-0.2, 0) is 6.54 Å². The molecular weight excluding hydrogens is 374 g/mol. The fourth-order valence-corrected chi connectivity index (χ4v) is 4.17. The summed E-state index contributed by atoms with van der Waals surface area (Å²) in [6, 6.07) is 18.7. The molecule has 152 valence electrons. The summed E-state index contributed by atoms with van der Waals surface area (Å²) in [6.07, 6.45) is 4.08. The Balaban J connectivity index is 1.20. The van der Waals surface area contributed by atoms with Gasteiger partial charge < -0.3 is 9.84 Å². The van der Waals surface area contributed by atoms with E-state index in [1.54, 1.807) is 0 Å². The molecule has 1 aliphatic heterocycles. The van der Waals surface area contributed by atoms with Crippen molar-refractivity contribution in [1.82, 2.24) is 20.0 Å². The van der Waals surface area contributed by atoms with E-state index in [1.165, 1.54) is 10.9 Å². The molecule has 6 nitrogen and oxygen atoms in total. The molecule has 0 unspecified atom stereocenters. The summed E-state index contributed by atoms with van der Waals surface area (Å²) in [7, 11) is 0. The van der Waals surface area contributed by atoms with Crippen LogP contribution in [0.25, 0.3) is 10.9 Å². The van der Waals surface area contributed by atoms with E-state index in [-0.39, 0.29) is 0 Å². The van der Waals surface area contributed by atoms with E-state index in [0.29, 0.717) is 11.7 Å². The number of rotatable bonds is 5. The molecule has 0 atom stereocenters. The molecule has 6 heteroatoms. The van der Waals surface area contributed by atoms with E-state index in [4.69, 9.17) is 9.51 Å². The number of anilines is 2. The smallest absolute Gasteiger partial charge is 0.175 e. The molecule has 0 bridgehead atoms. The first-order valence-corrected chi connectivity index (χ1v) is 10.5. The number of aromatic nitrogens is 3. The SMILES string of the molecule is Cc1cc(Nc2cccc(C3CCN(Cc4ccc5ncccc5c4)CC3)n2)no1. The molecule has 1 N–H and O–H groups in total. The first-order valence-electron chi connectivity index (χ1n) is 10.5. The quantitative estimate of drug-likeness (QED) is 0.507. The van der Waals surface area contributed by atoms with Crippen LogP contribution in [-0.4, -0.2) is 33.1 Å². The monoisotopic (exact) mass is 399 g/mol.